The molecule has 0 unspecified atom stereocenters. The van der Waals surface area contributed by atoms with Gasteiger partial charge in [-0.2, -0.15) is 10.2 Å². The fourth-order valence-electron chi connectivity index (χ4n) is 9.00. The highest BCUT2D eigenvalue weighted by Crippen LogP contribution is 2.38. The van der Waals surface area contributed by atoms with Crippen molar-refractivity contribution >= 4 is 0 Å². The Labute approximate surface area is 365 Å². The van der Waals surface area contributed by atoms with Crippen molar-refractivity contribution in [2.45, 2.75) is 78.8 Å². The summed E-state index contributed by atoms with van der Waals surface area (Å²) in [5, 5.41) is 8.76. The standard InChI is InChI=1S/2C23H31N7O/c2*1-16(2)30-23(24-15-25-30)20-14-29-11-12-31-21-6-5-18(13-19(21)22(29)26-20)17(3)28-9-7-27(4)8-10-28/h2*5-6,13-17H,7-12H2,1-4H3/t2*17-/m10/s1. The van der Waals surface area contributed by atoms with Crippen molar-refractivity contribution in [3.05, 3.63) is 72.6 Å². The molecule has 62 heavy (non-hydrogen) atoms. The largest absolute Gasteiger partial charge is 0.491 e. The predicted octanol–water partition coefficient (Wildman–Crippen LogP) is 6.18. The zero-order valence-corrected chi connectivity index (χ0v) is 37.6. The second-order valence-electron chi connectivity index (χ2n) is 17.8. The van der Waals surface area contributed by atoms with Crippen LogP contribution in [0, 0.1) is 0 Å². The number of imidazole rings is 2. The molecule has 0 radical (unpaired) electrons. The molecule has 8 heterocycles. The average molecular weight is 843 g/mol. The van der Waals surface area contributed by atoms with Crippen molar-refractivity contribution in [3.8, 4) is 57.3 Å². The van der Waals surface area contributed by atoms with E-state index >= 15 is 0 Å². The molecule has 2 atom stereocenters. The van der Waals surface area contributed by atoms with Gasteiger partial charge in [-0.15, -0.1) is 0 Å². The predicted molar refractivity (Wildman–Crippen MR) is 240 cm³/mol. The monoisotopic (exact) mass is 843 g/mol. The Morgan fingerprint density at radius 2 is 0.903 bits per heavy atom. The minimum Gasteiger partial charge on any atom is -0.491 e. The van der Waals surface area contributed by atoms with Crippen molar-refractivity contribution in [2.75, 3.05) is 79.7 Å². The summed E-state index contributed by atoms with van der Waals surface area (Å²) in [5.74, 6) is 5.28. The second-order valence-corrected chi connectivity index (χ2v) is 17.8. The Balaban J connectivity index is 0.000000158. The number of hydrogen-bond donors (Lipinski definition) is 0. The number of aromatic nitrogens is 10. The topological polar surface area (TPSA) is 128 Å². The number of benzene rings is 2. The molecule has 2 aromatic carbocycles. The van der Waals surface area contributed by atoms with Crippen LogP contribution in [0.1, 0.15) is 76.8 Å². The van der Waals surface area contributed by atoms with Crippen molar-refractivity contribution < 1.29 is 9.47 Å². The number of rotatable bonds is 8. The molecular weight excluding hydrogens is 781 g/mol. The fourth-order valence-corrected chi connectivity index (χ4v) is 9.00. The van der Waals surface area contributed by atoms with Gasteiger partial charge in [-0.25, -0.2) is 29.3 Å². The van der Waals surface area contributed by atoms with E-state index in [-0.39, 0.29) is 12.1 Å². The number of piperazine rings is 2. The van der Waals surface area contributed by atoms with Crippen LogP contribution in [0.15, 0.2) is 61.4 Å². The first-order valence-corrected chi connectivity index (χ1v) is 22.4. The van der Waals surface area contributed by atoms with E-state index in [9.17, 15) is 0 Å². The summed E-state index contributed by atoms with van der Waals surface area (Å²) in [6.45, 7) is 24.6. The summed E-state index contributed by atoms with van der Waals surface area (Å²) in [6.07, 6.45) is 7.36. The molecule has 0 aliphatic carbocycles. The van der Waals surface area contributed by atoms with Gasteiger partial charge in [0.05, 0.1) is 24.2 Å². The van der Waals surface area contributed by atoms with Crippen LogP contribution in [0.3, 0.4) is 0 Å². The maximum absolute atomic E-state index is 6.06. The Hall–Kier alpha value is -5.42. The second kappa shape index (κ2) is 17.8. The first kappa shape index (κ1) is 41.9. The summed E-state index contributed by atoms with van der Waals surface area (Å²) in [7, 11) is 4.39. The highest BCUT2D eigenvalue weighted by molar-refractivity contribution is 5.70. The zero-order chi connectivity index (χ0) is 43.1. The number of likely N-dealkylation sites (N-methyl/N-ethyl adjacent to an activating group) is 2. The van der Waals surface area contributed by atoms with Gasteiger partial charge in [0.15, 0.2) is 11.6 Å². The van der Waals surface area contributed by atoms with Gasteiger partial charge in [0.2, 0.25) is 0 Å². The highest BCUT2D eigenvalue weighted by atomic mass is 16.5. The third-order valence-corrected chi connectivity index (χ3v) is 12.9. The molecule has 0 spiro atoms. The quantitative estimate of drug-likeness (QED) is 0.174. The molecule has 328 valence electrons. The maximum Gasteiger partial charge on any atom is 0.178 e. The number of hydrogen-bond acceptors (Lipinski definition) is 12. The lowest BCUT2D eigenvalue weighted by Crippen LogP contribution is -2.45. The molecule has 2 fully saturated rings. The van der Waals surface area contributed by atoms with Crippen LogP contribution >= 0.6 is 0 Å². The van der Waals surface area contributed by atoms with Gasteiger partial charge in [0.25, 0.3) is 0 Å². The molecule has 10 rings (SSSR count). The van der Waals surface area contributed by atoms with Gasteiger partial charge >= 0.3 is 0 Å². The summed E-state index contributed by atoms with van der Waals surface area (Å²) in [4.78, 5) is 28.9. The van der Waals surface area contributed by atoms with Crippen LogP contribution in [0.25, 0.3) is 45.8 Å². The van der Waals surface area contributed by atoms with E-state index < -0.39 is 0 Å². The maximum atomic E-state index is 6.06. The molecule has 4 aromatic heterocycles. The van der Waals surface area contributed by atoms with Gasteiger partial charge in [-0.3, -0.25) is 9.80 Å². The first-order chi connectivity index (χ1) is 30.0. The van der Waals surface area contributed by atoms with E-state index in [1.165, 1.54) is 11.1 Å². The van der Waals surface area contributed by atoms with E-state index in [1.54, 1.807) is 12.7 Å². The summed E-state index contributed by atoms with van der Waals surface area (Å²) < 4.78 is 20.3. The van der Waals surface area contributed by atoms with Crippen molar-refractivity contribution in [2.24, 2.45) is 0 Å². The van der Waals surface area contributed by atoms with Gasteiger partial charge in [-0.1, -0.05) is 12.1 Å². The van der Waals surface area contributed by atoms with Gasteiger partial charge in [0.1, 0.15) is 60.4 Å². The SMILES string of the molecule is CC(C)n1ncnc1-c1cn2c(n1)-c1cc([C@@H](C)N3CCN(C)CC3)ccc1OCC2.CC(C)n1ncnc1-c1cn2c(n1)-c1cc([C@H](C)N3CCN(C)CC3)ccc1OCC2. The molecule has 16 nitrogen and oxygen atoms in total. The van der Waals surface area contributed by atoms with E-state index in [2.05, 4.69) is 153 Å². The van der Waals surface area contributed by atoms with E-state index in [1.807, 2.05) is 9.36 Å². The highest BCUT2D eigenvalue weighted by Gasteiger charge is 2.27. The molecule has 2 saturated heterocycles. The smallest absolute Gasteiger partial charge is 0.178 e. The molecule has 4 aliphatic rings. The Kier molecular flexibility index (Phi) is 12.0. The number of fused-ring (bicyclic) bond motifs is 6. The van der Waals surface area contributed by atoms with Gasteiger partial charge in [-0.05, 0) is 91.0 Å². The molecule has 0 bridgehead atoms. The van der Waals surface area contributed by atoms with E-state index in [4.69, 9.17) is 19.4 Å². The number of ether oxygens (including phenoxy) is 2. The molecule has 0 N–H and O–H groups in total. The number of nitrogens with zero attached hydrogens (tertiary/aromatic N) is 14. The molecule has 0 amide bonds. The lowest BCUT2D eigenvalue weighted by molar-refractivity contribution is 0.119. The Morgan fingerprint density at radius 3 is 1.29 bits per heavy atom. The van der Waals surface area contributed by atoms with Crippen LogP contribution in [0.4, 0.5) is 0 Å². The fraction of sp³-hybridized carbons (Fsp3) is 0.522. The Bertz CT molecular complexity index is 2290. The average Bonchev–Trinajstić information content (AvgIpc) is 4.09. The van der Waals surface area contributed by atoms with Gasteiger partial charge < -0.3 is 28.4 Å². The first-order valence-electron chi connectivity index (χ1n) is 22.4. The molecule has 0 saturated carbocycles. The van der Waals surface area contributed by atoms with Crippen LogP contribution in [-0.4, -0.2) is 148 Å². The van der Waals surface area contributed by atoms with Crippen molar-refractivity contribution in [1.29, 1.82) is 0 Å². The zero-order valence-electron chi connectivity index (χ0n) is 37.6. The molecule has 16 heteroatoms. The van der Waals surface area contributed by atoms with Crippen LogP contribution in [-0.2, 0) is 13.1 Å². The third-order valence-electron chi connectivity index (χ3n) is 12.9. The van der Waals surface area contributed by atoms with E-state index in [0.29, 0.717) is 25.3 Å². The minimum absolute atomic E-state index is 0.227. The van der Waals surface area contributed by atoms with Crippen LogP contribution in [0.2, 0.25) is 0 Å². The summed E-state index contributed by atoms with van der Waals surface area (Å²) in [5.41, 5.74) is 6.42. The lowest BCUT2D eigenvalue weighted by atomic mass is 10.0. The Morgan fingerprint density at radius 1 is 0.500 bits per heavy atom. The normalized spacial score (nSPS) is 18.4. The van der Waals surface area contributed by atoms with Crippen molar-refractivity contribution in [1.82, 2.24) is 68.2 Å². The third kappa shape index (κ3) is 8.40. The molecular formula is C46H62N14O2. The summed E-state index contributed by atoms with van der Waals surface area (Å²) in [6, 6.07) is 14.3. The van der Waals surface area contributed by atoms with Crippen LogP contribution < -0.4 is 9.47 Å². The molecule has 6 aromatic rings. The minimum atomic E-state index is 0.227. The molecule has 4 aliphatic heterocycles. The van der Waals surface area contributed by atoms with Crippen molar-refractivity contribution in [3.63, 3.8) is 0 Å². The van der Waals surface area contributed by atoms with Crippen LogP contribution in [0.5, 0.6) is 11.5 Å². The summed E-state index contributed by atoms with van der Waals surface area (Å²) >= 11 is 0. The van der Waals surface area contributed by atoms with E-state index in [0.717, 1.165) is 123 Å². The van der Waals surface area contributed by atoms with Gasteiger partial charge in [0, 0.05) is 88.9 Å². The lowest BCUT2D eigenvalue weighted by Gasteiger charge is -2.36.